The third-order valence-corrected chi connectivity index (χ3v) is 2.97. The maximum absolute atomic E-state index is 11.2. The van der Waals surface area contributed by atoms with E-state index in [4.69, 9.17) is 9.47 Å². The fourth-order valence-electron chi connectivity index (χ4n) is 1.95. The zero-order chi connectivity index (χ0) is 13.0. The number of rotatable bonds is 3. The van der Waals surface area contributed by atoms with Crippen molar-refractivity contribution >= 4 is 5.91 Å². The van der Waals surface area contributed by atoms with Crippen LogP contribution in [-0.4, -0.2) is 47.1 Å². The van der Waals surface area contributed by atoms with Crippen molar-refractivity contribution in [2.24, 2.45) is 0 Å². The monoisotopic (exact) mass is 251 g/mol. The van der Waals surface area contributed by atoms with Gasteiger partial charge in [-0.3, -0.25) is 4.79 Å². The van der Waals surface area contributed by atoms with Crippen LogP contribution in [0.5, 0.6) is 11.9 Å². The van der Waals surface area contributed by atoms with Crippen molar-refractivity contribution in [3.05, 3.63) is 12.3 Å². The number of carbonyl (C=O) groups excluding carboxylic acids is 1. The van der Waals surface area contributed by atoms with Crippen LogP contribution in [0.25, 0.3) is 0 Å². The largest absolute Gasteiger partial charge is 0.474 e. The number of hydrogen-bond donors (Lipinski definition) is 0. The van der Waals surface area contributed by atoms with E-state index in [0.29, 0.717) is 11.9 Å². The molecule has 1 aromatic heterocycles. The van der Waals surface area contributed by atoms with Crippen LogP contribution < -0.4 is 9.47 Å². The normalized spacial score (nSPS) is 16.4. The number of likely N-dealkylation sites (tertiary alicyclic amines) is 1. The van der Waals surface area contributed by atoms with Crippen molar-refractivity contribution < 1.29 is 14.3 Å². The Hall–Kier alpha value is -1.85. The number of nitrogens with zero attached hydrogens (tertiary/aromatic N) is 3. The topological polar surface area (TPSA) is 64.6 Å². The Bertz CT molecular complexity index is 417. The second kappa shape index (κ2) is 5.66. The number of piperidine rings is 1. The van der Waals surface area contributed by atoms with Gasteiger partial charge in [-0.05, 0) is 0 Å². The van der Waals surface area contributed by atoms with Crippen LogP contribution >= 0.6 is 0 Å². The summed E-state index contributed by atoms with van der Waals surface area (Å²) in [7, 11) is 1.52. The van der Waals surface area contributed by atoms with Gasteiger partial charge in [0.25, 0.3) is 0 Å². The van der Waals surface area contributed by atoms with E-state index in [1.165, 1.54) is 7.11 Å². The second-order valence-corrected chi connectivity index (χ2v) is 4.20. The smallest absolute Gasteiger partial charge is 0.319 e. The van der Waals surface area contributed by atoms with Crippen LogP contribution in [0.15, 0.2) is 12.3 Å². The summed E-state index contributed by atoms with van der Waals surface area (Å²) in [6.45, 7) is 3.07. The molecule has 18 heavy (non-hydrogen) atoms. The SMILES string of the molecule is COc1nccc(OC2CCN(C(C)=O)CC2)n1. The van der Waals surface area contributed by atoms with Gasteiger partial charge >= 0.3 is 6.01 Å². The Morgan fingerprint density at radius 3 is 2.78 bits per heavy atom. The molecule has 6 nitrogen and oxygen atoms in total. The average molecular weight is 251 g/mol. The number of carbonyl (C=O) groups is 1. The third kappa shape index (κ3) is 3.09. The lowest BCUT2D eigenvalue weighted by Gasteiger charge is -2.31. The maximum Gasteiger partial charge on any atom is 0.319 e. The van der Waals surface area contributed by atoms with Crippen LogP contribution in [0, 0.1) is 0 Å². The summed E-state index contributed by atoms with van der Waals surface area (Å²) in [4.78, 5) is 21.1. The Morgan fingerprint density at radius 1 is 1.44 bits per heavy atom. The van der Waals surface area contributed by atoms with Crippen molar-refractivity contribution in [2.45, 2.75) is 25.9 Å². The zero-order valence-corrected chi connectivity index (χ0v) is 10.6. The molecule has 1 aromatic rings. The first-order valence-electron chi connectivity index (χ1n) is 5.98. The summed E-state index contributed by atoms with van der Waals surface area (Å²) in [5.41, 5.74) is 0. The lowest BCUT2D eigenvalue weighted by molar-refractivity contribution is -0.130. The van der Waals surface area contributed by atoms with Gasteiger partial charge in [0.2, 0.25) is 11.8 Å². The first-order valence-corrected chi connectivity index (χ1v) is 5.98. The van der Waals surface area contributed by atoms with E-state index in [-0.39, 0.29) is 12.0 Å². The van der Waals surface area contributed by atoms with Gasteiger partial charge in [0.15, 0.2) is 0 Å². The quantitative estimate of drug-likeness (QED) is 0.797. The van der Waals surface area contributed by atoms with Crippen LogP contribution in [0.1, 0.15) is 19.8 Å². The Labute approximate surface area is 106 Å². The molecule has 98 valence electrons. The Kier molecular flexibility index (Phi) is 3.96. The lowest BCUT2D eigenvalue weighted by Crippen LogP contribution is -2.40. The summed E-state index contributed by atoms with van der Waals surface area (Å²) < 4.78 is 10.7. The van der Waals surface area contributed by atoms with Gasteiger partial charge in [0, 0.05) is 45.1 Å². The molecule has 0 spiro atoms. The van der Waals surface area contributed by atoms with E-state index in [1.54, 1.807) is 19.2 Å². The predicted octanol–water partition coefficient (Wildman–Crippen LogP) is 0.875. The molecular weight excluding hydrogens is 234 g/mol. The molecule has 6 heteroatoms. The van der Waals surface area contributed by atoms with E-state index in [2.05, 4.69) is 9.97 Å². The number of aromatic nitrogens is 2. The van der Waals surface area contributed by atoms with Gasteiger partial charge in [-0.15, -0.1) is 0 Å². The van der Waals surface area contributed by atoms with Gasteiger partial charge in [-0.25, -0.2) is 4.98 Å². The van der Waals surface area contributed by atoms with E-state index in [9.17, 15) is 4.79 Å². The molecule has 0 radical (unpaired) electrons. The second-order valence-electron chi connectivity index (χ2n) is 4.20. The fourth-order valence-corrected chi connectivity index (χ4v) is 1.95. The molecule has 2 heterocycles. The zero-order valence-electron chi connectivity index (χ0n) is 10.6. The van der Waals surface area contributed by atoms with Crippen molar-refractivity contribution in [1.29, 1.82) is 0 Å². The molecule has 1 fully saturated rings. The molecule has 1 amide bonds. The van der Waals surface area contributed by atoms with E-state index < -0.39 is 0 Å². The van der Waals surface area contributed by atoms with Crippen molar-refractivity contribution in [3.8, 4) is 11.9 Å². The minimum atomic E-state index is 0.0974. The van der Waals surface area contributed by atoms with Crippen molar-refractivity contribution in [2.75, 3.05) is 20.2 Å². The predicted molar refractivity (Wildman–Crippen MR) is 64.5 cm³/mol. The average Bonchev–Trinajstić information content (AvgIpc) is 2.39. The molecule has 1 saturated heterocycles. The summed E-state index contributed by atoms with van der Waals surface area (Å²) in [5, 5.41) is 0. The highest BCUT2D eigenvalue weighted by Crippen LogP contribution is 2.18. The number of amides is 1. The summed E-state index contributed by atoms with van der Waals surface area (Å²) in [6.07, 6.45) is 3.35. The maximum atomic E-state index is 11.2. The van der Waals surface area contributed by atoms with E-state index in [1.807, 2.05) is 4.90 Å². The minimum Gasteiger partial charge on any atom is -0.474 e. The fraction of sp³-hybridized carbons (Fsp3) is 0.583. The molecule has 0 aromatic carbocycles. The highest BCUT2D eigenvalue weighted by Gasteiger charge is 2.22. The van der Waals surface area contributed by atoms with E-state index >= 15 is 0 Å². The van der Waals surface area contributed by atoms with Gasteiger partial charge in [0.1, 0.15) is 6.10 Å². The van der Waals surface area contributed by atoms with E-state index in [0.717, 1.165) is 25.9 Å². The summed E-state index contributed by atoms with van der Waals surface area (Å²) in [5.74, 6) is 0.639. The first kappa shape index (κ1) is 12.6. The molecule has 0 N–H and O–H groups in total. The molecule has 0 bridgehead atoms. The molecule has 1 aliphatic heterocycles. The molecule has 0 saturated carbocycles. The molecule has 0 unspecified atom stereocenters. The summed E-state index contributed by atoms with van der Waals surface area (Å²) in [6, 6.07) is 2.01. The van der Waals surface area contributed by atoms with Gasteiger partial charge in [0.05, 0.1) is 7.11 Å². The highest BCUT2D eigenvalue weighted by molar-refractivity contribution is 5.73. The van der Waals surface area contributed by atoms with Crippen LogP contribution in [0.2, 0.25) is 0 Å². The minimum absolute atomic E-state index is 0.0974. The van der Waals surface area contributed by atoms with Crippen molar-refractivity contribution in [1.82, 2.24) is 14.9 Å². The Morgan fingerprint density at radius 2 is 2.17 bits per heavy atom. The van der Waals surface area contributed by atoms with Crippen molar-refractivity contribution in [3.63, 3.8) is 0 Å². The highest BCUT2D eigenvalue weighted by atomic mass is 16.5. The standard InChI is InChI=1S/C12H17N3O3/c1-9(16)15-7-4-10(5-8-15)18-11-3-6-13-12(14-11)17-2/h3,6,10H,4-5,7-8H2,1-2H3. The summed E-state index contributed by atoms with van der Waals surface area (Å²) >= 11 is 0. The van der Waals surface area contributed by atoms with Gasteiger partial charge < -0.3 is 14.4 Å². The number of methoxy groups -OCH3 is 1. The third-order valence-electron chi connectivity index (χ3n) is 2.97. The molecule has 2 rings (SSSR count). The van der Waals surface area contributed by atoms with Crippen LogP contribution in [0.4, 0.5) is 0 Å². The van der Waals surface area contributed by atoms with Gasteiger partial charge in [-0.1, -0.05) is 0 Å². The lowest BCUT2D eigenvalue weighted by atomic mass is 10.1. The molecule has 1 aliphatic rings. The first-order chi connectivity index (χ1) is 8.69. The molecule has 0 atom stereocenters. The van der Waals surface area contributed by atoms with Gasteiger partial charge in [-0.2, -0.15) is 4.98 Å². The molecule has 0 aliphatic carbocycles. The number of ether oxygens (including phenoxy) is 2. The molecular formula is C12H17N3O3. The Balaban J connectivity index is 1.89. The van der Waals surface area contributed by atoms with Crippen LogP contribution in [-0.2, 0) is 4.79 Å². The number of hydrogen-bond acceptors (Lipinski definition) is 5. The van der Waals surface area contributed by atoms with Crippen LogP contribution in [0.3, 0.4) is 0 Å².